The van der Waals surface area contributed by atoms with Crippen molar-refractivity contribution in [1.82, 2.24) is 0 Å². The van der Waals surface area contributed by atoms with Crippen molar-refractivity contribution in [3.05, 3.63) is 12.2 Å². The lowest BCUT2D eigenvalue weighted by Gasteiger charge is -2.14. The second kappa shape index (κ2) is 1.84. The van der Waals surface area contributed by atoms with Crippen LogP contribution in [0.4, 0.5) is 0 Å². The fraction of sp³-hybridized carbons (Fsp3) is 0.750. The molecule has 2 aliphatic carbocycles. The summed E-state index contributed by atoms with van der Waals surface area (Å²) in [5.41, 5.74) is 5.59. The summed E-state index contributed by atoms with van der Waals surface area (Å²) in [6.07, 6.45) is 7.46. The Bertz CT molecular complexity index is 140. The molecular weight excluding hydrogens is 110 g/mol. The highest BCUT2D eigenvalue weighted by atomic mass is 14.6. The number of nitrogens with two attached hydrogens (primary N) is 1. The molecule has 1 heteroatoms. The highest BCUT2D eigenvalue weighted by Gasteiger charge is 2.34. The van der Waals surface area contributed by atoms with E-state index >= 15 is 0 Å². The van der Waals surface area contributed by atoms with Crippen LogP contribution in [0.25, 0.3) is 0 Å². The smallest absolute Gasteiger partial charge is 0.00430 e. The van der Waals surface area contributed by atoms with Crippen molar-refractivity contribution in [2.45, 2.75) is 12.8 Å². The normalized spacial score (nSPS) is 46.6. The van der Waals surface area contributed by atoms with Gasteiger partial charge in [0.2, 0.25) is 0 Å². The standard InChI is InChI=1S/C8H13N/c9-5-8-4-6-1-2-7(8)3-6/h1-2,6-8H,3-5,9H2/t6-,7+,8?/m0/s1. The lowest BCUT2D eigenvalue weighted by atomic mass is 9.94. The van der Waals surface area contributed by atoms with E-state index in [4.69, 9.17) is 5.73 Å². The zero-order chi connectivity index (χ0) is 6.27. The molecule has 1 fully saturated rings. The largest absolute Gasteiger partial charge is 0.330 e. The molecule has 0 amide bonds. The molecule has 0 aromatic heterocycles. The molecule has 0 heterocycles. The molecule has 2 aliphatic rings. The molecule has 0 aromatic rings. The molecule has 9 heavy (non-hydrogen) atoms. The molecular formula is C8H13N. The third-order valence-electron chi connectivity index (χ3n) is 2.72. The predicted octanol–water partition coefficient (Wildman–Crippen LogP) is 1.16. The van der Waals surface area contributed by atoms with Crippen molar-refractivity contribution in [3.8, 4) is 0 Å². The first kappa shape index (κ1) is 5.48. The average molecular weight is 123 g/mol. The van der Waals surface area contributed by atoms with E-state index in [2.05, 4.69) is 12.2 Å². The fourth-order valence-corrected chi connectivity index (χ4v) is 2.17. The van der Waals surface area contributed by atoms with E-state index < -0.39 is 0 Å². The zero-order valence-corrected chi connectivity index (χ0v) is 5.59. The quantitative estimate of drug-likeness (QED) is 0.520. The molecule has 1 unspecified atom stereocenters. The van der Waals surface area contributed by atoms with Crippen molar-refractivity contribution >= 4 is 0 Å². The van der Waals surface area contributed by atoms with Crippen LogP contribution in [0.3, 0.4) is 0 Å². The van der Waals surface area contributed by atoms with Crippen LogP contribution in [0.15, 0.2) is 12.2 Å². The van der Waals surface area contributed by atoms with Crippen molar-refractivity contribution in [3.63, 3.8) is 0 Å². The van der Waals surface area contributed by atoms with Crippen LogP contribution in [-0.2, 0) is 0 Å². The van der Waals surface area contributed by atoms with Gasteiger partial charge < -0.3 is 5.73 Å². The second-order valence-corrected chi connectivity index (χ2v) is 3.28. The monoisotopic (exact) mass is 123 g/mol. The number of rotatable bonds is 1. The topological polar surface area (TPSA) is 26.0 Å². The second-order valence-electron chi connectivity index (χ2n) is 3.28. The van der Waals surface area contributed by atoms with Gasteiger partial charge in [-0.1, -0.05) is 12.2 Å². The predicted molar refractivity (Wildman–Crippen MR) is 37.9 cm³/mol. The lowest BCUT2D eigenvalue weighted by Crippen LogP contribution is -2.17. The third kappa shape index (κ3) is 0.715. The van der Waals surface area contributed by atoms with Gasteiger partial charge in [-0.15, -0.1) is 0 Å². The van der Waals surface area contributed by atoms with Gasteiger partial charge in [0.1, 0.15) is 0 Å². The van der Waals surface area contributed by atoms with Crippen LogP contribution in [0.2, 0.25) is 0 Å². The number of hydrogen-bond donors (Lipinski definition) is 1. The number of allylic oxidation sites excluding steroid dienone is 2. The Balaban J connectivity index is 2.10. The molecule has 2 bridgehead atoms. The molecule has 50 valence electrons. The summed E-state index contributed by atoms with van der Waals surface area (Å²) in [4.78, 5) is 0. The first-order valence-electron chi connectivity index (χ1n) is 3.78. The molecule has 3 atom stereocenters. The van der Waals surface area contributed by atoms with Crippen LogP contribution >= 0.6 is 0 Å². The zero-order valence-electron chi connectivity index (χ0n) is 5.59. The molecule has 0 spiro atoms. The summed E-state index contributed by atoms with van der Waals surface area (Å²) in [5.74, 6) is 2.56. The molecule has 1 saturated carbocycles. The Labute approximate surface area is 55.9 Å². The lowest BCUT2D eigenvalue weighted by molar-refractivity contribution is 0.459. The van der Waals surface area contributed by atoms with Crippen LogP contribution in [0.1, 0.15) is 12.8 Å². The Hall–Kier alpha value is -0.300. The van der Waals surface area contributed by atoms with Crippen molar-refractivity contribution in [2.75, 3.05) is 6.54 Å². The van der Waals surface area contributed by atoms with Crippen LogP contribution < -0.4 is 5.73 Å². The van der Waals surface area contributed by atoms with E-state index in [0.29, 0.717) is 0 Å². The van der Waals surface area contributed by atoms with Gasteiger partial charge in [0.15, 0.2) is 0 Å². The van der Waals surface area contributed by atoms with Gasteiger partial charge in [0.25, 0.3) is 0 Å². The number of hydrogen-bond acceptors (Lipinski definition) is 1. The molecule has 2 N–H and O–H groups in total. The molecule has 0 radical (unpaired) electrons. The van der Waals surface area contributed by atoms with E-state index in [1.165, 1.54) is 12.8 Å². The summed E-state index contributed by atoms with van der Waals surface area (Å²) in [7, 11) is 0. The van der Waals surface area contributed by atoms with E-state index in [0.717, 1.165) is 24.3 Å². The minimum Gasteiger partial charge on any atom is -0.330 e. The van der Waals surface area contributed by atoms with E-state index in [1.807, 2.05) is 0 Å². The molecule has 0 aromatic carbocycles. The highest BCUT2D eigenvalue weighted by molar-refractivity contribution is 5.10. The third-order valence-corrected chi connectivity index (χ3v) is 2.72. The summed E-state index contributed by atoms with van der Waals surface area (Å²) >= 11 is 0. The fourth-order valence-electron chi connectivity index (χ4n) is 2.17. The van der Waals surface area contributed by atoms with Crippen LogP contribution in [0.5, 0.6) is 0 Å². The van der Waals surface area contributed by atoms with Crippen molar-refractivity contribution in [2.24, 2.45) is 23.5 Å². The summed E-state index contributed by atoms with van der Waals surface area (Å²) in [5, 5.41) is 0. The van der Waals surface area contributed by atoms with Gasteiger partial charge in [0, 0.05) is 0 Å². The highest BCUT2D eigenvalue weighted by Crippen LogP contribution is 2.42. The summed E-state index contributed by atoms with van der Waals surface area (Å²) in [6, 6.07) is 0. The molecule has 0 aliphatic heterocycles. The van der Waals surface area contributed by atoms with Crippen LogP contribution in [0, 0.1) is 17.8 Å². The summed E-state index contributed by atoms with van der Waals surface area (Å²) < 4.78 is 0. The minimum atomic E-state index is 0.819. The maximum Gasteiger partial charge on any atom is -0.00430 e. The van der Waals surface area contributed by atoms with Gasteiger partial charge >= 0.3 is 0 Å². The maximum atomic E-state index is 5.59. The minimum absolute atomic E-state index is 0.819. The number of fused-ring (bicyclic) bond motifs is 2. The van der Waals surface area contributed by atoms with Crippen LogP contribution in [-0.4, -0.2) is 6.54 Å². The summed E-state index contributed by atoms with van der Waals surface area (Å²) in [6.45, 7) is 0.894. The van der Waals surface area contributed by atoms with E-state index in [-0.39, 0.29) is 0 Å². The Morgan fingerprint density at radius 1 is 1.33 bits per heavy atom. The van der Waals surface area contributed by atoms with Crippen molar-refractivity contribution in [1.29, 1.82) is 0 Å². The molecule has 1 nitrogen and oxygen atoms in total. The van der Waals surface area contributed by atoms with E-state index in [9.17, 15) is 0 Å². The van der Waals surface area contributed by atoms with Gasteiger partial charge in [0.05, 0.1) is 0 Å². The Morgan fingerprint density at radius 3 is 2.56 bits per heavy atom. The Morgan fingerprint density at radius 2 is 2.22 bits per heavy atom. The first-order valence-corrected chi connectivity index (χ1v) is 3.78. The molecule has 2 rings (SSSR count). The average Bonchev–Trinajstić information content (AvgIpc) is 2.45. The van der Waals surface area contributed by atoms with Gasteiger partial charge in [-0.3, -0.25) is 0 Å². The SMILES string of the molecule is NCC1C[C@H]2C=C[C@@H]1C2. The molecule has 0 saturated heterocycles. The Kier molecular flexibility index (Phi) is 1.12. The van der Waals surface area contributed by atoms with Gasteiger partial charge in [-0.2, -0.15) is 0 Å². The van der Waals surface area contributed by atoms with E-state index in [1.54, 1.807) is 0 Å². The first-order chi connectivity index (χ1) is 4.40. The van der Waals surface area contributed by atoms with Gasteiger partial charge in [-0.25, -0.2) is 0 Å². The van der Waals surface area contributed by atoms with Gasteiger partial charge in [-0.05, 0) is 37.1 Å². The maximum absolute atomic E-state index is 5.59. The van der Waals surface area contributed by atoms with Crippen molar-refractivity contribution < 1.29 is 0 Å².